The molecule has 1 saturated carbocycles. The number of hydrogen-bond acceptors (Lipinski definition) is 3. The van der Waals surface area contributed by atoms with Gasteiger partial charge in [0.05, 0.1) is 18.3 Å². The molecule has 1 aliphatic heterocycles. The molecule has 1 heterocycles. The molecule has 4 nitrogen and oxygen atoms in total. The van der Waals surface area contributed by atoms with Gasteiger partial charge in [0.15, 0.2) is 0 Å². The molecule has 7 heteroatoms. The zero-order valence-electron chi connectivity index (χ0n) is 16.9. The number of halogens is 3. The molecule has 2 aliphatic carbocycles. The van der Waals surface area contributed by atoms with Gasteiger partial charge < -0.3 is 10.5 Å². The fraction of sp³-hybridized carbons (Fsp3) is 0.522. The van der Waals surface area contributed by atoms with Crippen LogP contribution in [0.4, 0.5) is 8.78 Å². The fourth-order valence-electron chi connectivity index (χ4n) is 4.22. The predicted molar refractivity (Wildman–Crippen MR) is 113 cm³/mol. The van der Waals surface area contributed by atoms with Crippen LogP contribution in [0.3, 0.4) is 0 Å². The lowest BCUT2D eigenvalue weighted by molar-refractivity contribution is 0.0177. The average molecular weight is 437 g/mol. The lowest BCUT2D eigenvalue weighted by atomic mass is 9.97. The Kier molecular flexibility index (Phi) is 6.56. The zero-order chi connectivity index (χ0) is 21.3. The van der Waals surface area contributed by atoms with Crippen molar-refractivity contribution >= 4 is 17.5 Å². The smallest absolute Gasteiger partial charge is 0.251 e. The van der Waals surface area contributed by atoms with Gasteiger partial charge in [0, 0.05) is 31.1 Å². The molecular formula is C23H27ClF2N2O2. The second kappa shape index (κ2) is 9.16. The largest absolute Gasteiger partial charge is 0.373 e. The molecule has 30 heavy (non-hydrogen) atoms. The van der Waals surface area contributed by atoms with Crippen LogP contribution in [0, 0.1) is 5.82 Å². The number of amides is 1. The maximum absolute atomic E-state index is 14.3. The maximum Gasteiger partial charge on any atom is 0.251 e. The Morgan fingerprint density at radius 2 is 1.97 bits per heavy atom. The Morgan fingerprint density at radius 1 is 1.23 bits per heavy atom. The quantitative estimate of drug-likeness (QED) is 0.681. The molecule has 1 atom stereocenters. The standard InChI is InChI=1S/C23H27ClF2N2O2/c24-21-10-17(25)4-3-15(21)13-30-18-5-7-28(8-6-18)12-16-9-22(26)20(23(27)29)11-19(16)14-1-2-14/h3-4,9,11,14,17-18H,1-2,5-8,10,12-13H2,(H2,27,29). The van der Waals surface area contributed by atoms with E-state index >= 15 is 0 Å². The van der Waals surface area contributed by atoms with E-state index in [1.165, 1.54) is 12.1 Å². The number of benzene rings is 1. The topological polar surface area (TPSA) is 55.6 Å². The van der Waals surface area contributed by atoms with E-state index in [1.807, 2.05) is 0 Å². The van der Waals surface area contributed by atoms with Gasteiger partial charge in [-0.05, 0) is 66.5 Å². The number of nitrogens with zero attached hydrogens (tertiary/aromatic N) is 1. The van der Waals surface area contributed by atoms with Crippen LogP contribution in [-0.4, -0.2) is 42.8 Å². The van der Waals surface area contributed by atoms with Crippen LogP contribution >= 0.6 is 11.6 Å². The highest BCUT2D eigenvalue weighted by molar-refractivity contribution is 6.30. The van der Waals surface area contributed by atoms with Gasteiger partial charge in [-0.2, -0.15) is 0 Å². The van der Waals surface area contributed by atoms with Crippen molar-refractivity contribution in [1.29, 1.82) is 0 Å². The first-order valence-corrected chi connectivity index (χ1v) is 10.9. The third-order valence-electron chi connectivity index (χ3n) is 6.14. The van der Waals surface area contributed by atoms with E-state index in [9.17, 15) is 13.6 Å². The van der Waals surface area contributed by atoms with Gasteiger partial charge in [0.2, 0.25) is 0 Å². The molecule has 1 aromatic carbocycles. The summed E-state index contributed by atoms with van der Waals surface area (Å²) in [5.74, 6) is -0.852. The van der Waals surface area contributed by atoms with E-state index in [-0.39, 0.29) is 18.1 Å². The van der Waals surface area contributed by atoms with Gasteiger partial charge in [0.25, 0.3) is 5.91 Å². The number of allylic oxidation sites excluding steroid dienone is 2. The zero-order valence-corrected chi connectivity index (χ0v) is 17.6. The van der Waals surface area contributed by atoms with Gasteiger partial charge in [-0.25, -0.2) is 8.78 Å². The van der Waals surface area contributed by atoms with Crippen LogP contribution in [0.25, 0.3) is 0 Å². The molecule has 0 bridgehead atoms. The van der Waals surface area contributed by atoms with Crippen LogP contribution in [-0.2, 0) is 11.3 Å². The van der Waals surface area contributed by atoms with E-state index in [0.29, 0.717) is 24.1 Å². The number of likely N-dealkylation sites (tertiary alicyclic amines) is 1. The number of alkyl halides is 1. The number of nitrogens with two attached hydrogens (primary N) is 1. The highest BCUT2D eigenvalue weighted by Gasteiger charge is 2.29. The van der Waals surface area contributed by atoms with Crippen molar-refractivity contribution in [3.05, 3.63) is 57.4 Å². The molecule has 2 fully saturated rings. The molecule has 1 aromatic rings. The van der Waals surface area contributed by atoms with E-state index in [1.54, 1.807) is 12.1 Å². The average Bonchev–Trinajstić information content (AvgIpc) is 3.53. The number of piperidine rings is 1. The molecule has 3 aliphatic rings. The van der Waals surface area contributed by atoms with Crippen molar-refractivity contribution in [1.82, 2.24) is 4.90 Å². The predicted octanol–water partition coefficient (Wildman–Crippen LogP) is 4.57. The normalized spacial score (nSPS) is 23.2. The monoisotopic (exact) mass is 436 g/mol. The number of hydrogen-bond donors (Lipinski definition) is 1. The molecule has 162 valence electrons. The van der Waals surface area contributed by atoms with Crippen molar-refractivity contribution in [3.63, 3.8) is 0 Å². The first-order chi connectivity index (χ1) is 14.4. The van der Waals surface area contributed by atoms with Crippen LogP contribution in [0.2, 0.25) is 0 Å². The van der Waals surface area contributed by atoms with Crippen molar-refractivity contribution in [2.75, 3.05) is 19.7 Å². The molecule has 1 amide bonds. The lowest BCUT2D eigenvalue weighted by Gasteiger charge is -2.32. The summed E-state index contributed by atoms with van der Waals surface area (Å²) in [6.45, 7) is 2.76. The SMILES string of the molecule is NC(=O)c1cc(C2CC2)c(CN2CCC(OCC3=C(Cl)CC(F)C=C3)CC2)cc1F. The number of carbonyl (C=O) groups excluding carboxylic acids is 1. The first kappa shape index (κ1) is 21.5. The van der Waals surface area contributed by atoms with Gasteiger partial charge in [-0.3, -0.25) is 9.69 Å². The summed E-state index contributed by atoms with van der Waals surface area (Å²) in [5, 5.41) is 0.538. The second-order valence-electron chi connectivity index (χ2n) is 8.47. The van der Waals surface area contributed by atoms with Crippen molar-refractivity contribution in [2.45, 2.75) is 56.8 Å². The van der Waals surface area contributed by atoms with Gasteiger partial charge >= 0.3 is 0 Å². The molecule has 0 spiro atoms. The molecule has 2 N–H and O–H groups in total. The van der Waals surface area contributed by atoms with Crippen LogP contribution in [0.5, 0.6) is 0 Å². The fourth-order valence-corrected chi connectivity index (χ4v) is 4.49. The Hall–Kier alpha value is -1.76. The van der Waals surface area contributed by atoms with Crippen LogP contribution < -0.4 is 5.73 Å². The number of ether oxygens (including phenoxy) is 1. The number of carbonyl (C=O) groups is 1. The summed E-state index contributed by atoms with van der Waals surface area (Å²) in [6, 6.07) is 3.13. The van der Waals surface area contributed by atoms with Crippen LogP contribution in [0.15, 0.2) is 34.9 Å². The summed E-state index contributed by atoms with van der Waals surface area (Å²) in [6.07, 6.45) is 6.48. The Morgan fingerprint density at radius 3 is 2.60 bits per heavy atom. The molecule has 0 radical (unpaired) electrons. The minimum atomic E-state index is -1.01. The van der Waals surface area contributed by atoms with E-state index in [0.717, 1.165) is 55.5 Å². The van der Waals surface area contributed by atoms with Gasteiger partial charge in [-0.15, -0.1) is 0 Å². The molecule has 4 rings (SSSR count). The second-order valence-corrected chi connectivity index (χ2v) is 8.92. The number of primary amides is 1. The van der Waals surface area contributed by atoms with Crippen molar-refractivity contribution in [2.24, 2.45) is 5.73 Å². The van der Waals surface area contributed by atoms with Crippen molar-refractivity contribution < 1.29 is 18.3 Å². The van der Waals surface area contributed by atoms with E-state index in [4.69, 9.17) is 22.1 Å². The molecule has 1 unspecified atom stereocenters. The molecule has 0 aromatic heterocycles. The minimum absolute atomic E-state index is 0.0171. The summed E-state index contributed by atoms with van der Waals surface area (Å²) in [4.78, 5) is 13.8. The third-order valence-corrected chi connectivity index (χ3v) is 6.54. The minimum Gasteiger partial charge on any atom is -0.373 e. The Balaban J connectivity index is 1.32. The van der Waals surface area contributed by atoms with E-state index in [2.05, 4.69) is 4.90 Å². The summed E-state index contributed by atoms with van der Waals surface area (Å²) in [7, 11) is 0. The summed E-state index contributed by atoms with van der Waals surface area (Å²) >= 11 is 6.14. The Labute approximate surface area is 180 Å². The Bertz CT molecular complexity index is 874. The molecule has 1 saturated heterocycles. The van der Waals surface area contributed by atoms with Crippen molar-refractivity contribution in [3.8, 4) is 0 Å². The summed E-state index contributed by atoms with van der Waals surface area (Å²) < 4.78 is 33.6. The van der Waals surface area contributed by atoms with E-state index < -0.39 is 17.9 Å². The van der Waals surface area contributed by atoms with Crippen LogP contribution in [0.1, 0.15) is 59.5 Å². The third kappa shape index (κ3) is 5.10. The van der Waals surface area contributed by atoms with Gasteiger partial charge in [-0.1, -0.05) is 17.7 Å². The highest BCUT2D eigenvalue weighted by Crippen LogP contribution is 2.42. The highest BCUT2D eigenvalue weighted by atomic mass is 35.5. The number of rotatable bonds is 7. The molecular weight excluding hydrogens is 410 g/mol. The van der Waals surface area contributed by atoms with Gasteiger partial charge in [0.1, 0.15) is 12.0 Å². The first-order valence-electron chi connectivity index (χ1n) is 10.6. The maximum atomic E-state index is 14.3. The lowest BCUT2D eigenvalue weighted by Crippen LogP contribution is -2.37. The summed E-state index contributed by atoms with van der Waals surface area (Å²) in [5.41, 5.74) is 8.16.